The molecule has 1 atom stereocenters. The molecule has 25 heavy (non-hydrogen) atoms. The van der Waals surface area contributed by atoms with Crippen molar-refractivity contribution < 1.29 is 14.4 Å². The Morgan fingerprint density at radius 2 is 1.96 bits per heavy atom. The molecule has 1 aromatic rings. The highest BCUT2D eigenvalue weighted by atomic mass is 32.2. The van der Waals surface area contributed by atoms with Gasteiger partial charge >= 0.3 is 6.03 Å². The summed E-state index contributed by atoms with van der Waals surface area (Å²) in [6.45, 7) is 1.84. The summed E-state index contributed by atoms with van der Waals surface area (Å²) in [6, 6.07) is 8.53. The largest absolute Gasteiger partial charge is 0.344 e. The van der Waals surface area contributed by atoms with Crippen LogP contribution < -0.4 is 10.7 Å². The fraction of sp³-hybridized carbons (Fsp3) is 0.500. The van der Waals surface area contributed by atoms with Crippen LogP contribution in [0.25, 0.3) is 0 Å². The Balaban J connectivity index is 1.67. The lowest BCUT2D eigenvalue weighted by Gasteiger charge is -2.25. The van der Waals surface area contributed by atoms with Crippen molar-refractivity contribution in [2.24, 2.45) is 0 Å². The van der Waals surface area contributed by atoms with Crippen molar-refractivity contribution in [2.45, 2.75) is 49.8 Å². The summed E-state index contributed by atoms with van der Waals surface area (Å²) in [4.78, 5) is 37.4. The quantitative estimate of drug-likeness (QED) is 0.763. The molecule has 4 amide bonds. The minimum atomic E-state index is -1.12. The van der Waals surface area contributed by atoms with Crippen molar-refractivity contribution >= 4 is 29.6 Å². The first-order valence-corrected chi connectivity index (χ1v) is 9.75. The first-order valence-electron chi connectivity index (χ1n) is 8.70. The number of imide groups is 1. The highest BCUT2D eigenvalue weighted by Gasteiger charge is 2.52. The molecule has 1 aromatic carbocycles. The second kappa shape index (κ2) is 7.47. The molecule has 1 saturated carbocycles. The van der Waals surface area contributed by atoms with E-state index < -0.39 is 17.5 Å². The van der Waals surface area contributed by atoms with E-state index in [1.165, 1.54) is 12.8 Å². The molecule has 0 radical (unpaired) electrons. The smallest absolute Gasteiger partial charge is 0.318 e. The Kier molecular flexibility index (Phi) is 5.32. The van der Waals surface area contributed by atoms with Crippen LogP contribution in [0.15, 0.2) is 30.3 Å². The highest BCUT2D eigenvalue weighted by Crippen LogP contribution is 2.32. The van der Waals surface area contributed by atoms with Gasteiger partial charge in [-0.05, 0) is 24.8 Å². The van der Waals surface area contributed by atoms with Crippen molar-refractivity contribution in [1.29, 1.82) is 0 Å². The molecule has 6 nitrogen and oxygen atoms in total. The third-order valence-corrected chi connectivity index (χ3v) is 6.25. The van der Waals surface area contributed by atoms with Crippen molar-refractivity contribution in [1.82, 2.24) is 15.8 Å². The van der Waals surface area contributed by atoms with Gasteiger partial charge in [0, 0.05) is 5.25 Å². The van der Waals surface area contributed by atoms with Gasteiger partial charge in [-0.25, -0.2) is 4.79 Å². The second-order valence-corrected chi connectivity index (χ2v) is 7.74. The molecule has 1 heterocycles. The van der Waals surface area contributed by atoms with Crippen LogP contribution in [0.1, 0.15) is 44.6 Å². The molecule has 7 heteroatoms. The lowest BCUT2D eigenvalue weighted by molar-refractivity contribution is -0.138. The summed E-state index contributed by atoms with van der Waals surface area (Å²) in [5, 5.41) is 4.09. The molecule has 2 fully saturated rings. The lowest BCUT2D eigenvalue weighted by atomic mass is 9.87. The van der Waals surface area contributed by atoms with Crippen LogP contribution in [-0.2, 0) is 15.1 Å². The first-order chi connectivity index (χ1) is 12.1. The Morgan fingerprint density at radius 3 is 2.60 bits per heavy atom. The molecule has 0 unspecified atom stereocenters. The molecule has 2 N–H and O–H groups in total. The zero-order valence-electron chi connectivity index (χ0n) is 14.3. The first kappa shape index (κ1) is 17.8. The second-order valence-electron chi connectivity index (χ2n) is 6.45. The third-order valence-electron chi connectivity index (χ3n) is 4.88. The average molecular weight is 361 g/mol. The Labute approximate surface area is 151 Å². The number of carbonyl (C=O) groups excluding carboxylic acids is 3. The highest BCUT2D eigenvalue weighted by molar-refractivity contribution is 8.00. The van der Waals surface area contributed by atoms with Crippen molar-refractivity contribution in [3.63, 3.8) is 0 Å². The maximum Gasteiger partial charge on any atom is 0.344 e. The lowest BCUT2D eigenvalue weighted by Crippen LogP contribution is -2.49. The molecule has 0 spiro atoms. The molecule has 2 aliphatic rings. The van der Waals surface area contributed by atoms with Crippen LogP contribution in [0.4, 0.5) is 4.79 Å². The fourth-order valence-corrected chi connectivity index (χ4v) is 4.56. The van der Waals surface area contributed by atoms with E-state index in [0.717, 1.165) is 17.9 Å². The third kappa shape index (κ3) is 3.51. The Bertz CT molecular complexity index is 661. The summed E-state index contributed by atoms with van der Waals surface area (Å²) in [7, 11) is 0. The van der Waals surface area contributed by atoms with Crippen molar-refractivity contribution in [3.05, 3.63) is 35.9 Å². The Hall–Kier alpha value is -2.02. The van der Waals surface area contributed by atoms with Crippen LogP contribution in [0.2, 0.25) is 0 Å². The minimum Gasteiger partial charge on any atom is -0.318 e. The van der Waals surface area contributed by atoms with Gasteiger partial charge in [0.15, 0.2) is 0 Å². The number of nitrogens with one attached hydrogen (secondary N) is 2. The molecular formula is C18H23N3O3S. The van der Waals surface area contributed by atoms with E-state index in [-0.39, 0.29) is 11.7 Å². The van der Waals surface area contributed by atoms with Gasteiger partial charge in [-0.3, -0.25) is 15.0 Å². The van der Waals surface area contributed by atoms with Crippen molar-refractivity contribution in [3.8, 4) is 0 Å². The molecule has 1 saturated heterocycles. The summed E-state index contributed by atoms with van der Waals surface area (Å²) >= 11 is 1.60. The van der Waals surface area contributed by atoms with E-state index in [9.17, 15) is 14.4 Å². The maximum absolute atomic E-state index is 12.9. The number of hydrogen-bond acceptors (Lipinski definition) is 4. The number of hydrogen-bond donors (Lipinski definition) is 2. The SMILES string of the molecule is CC[C@@]1(c2ccccc2)NC(=O)N(NC(=O)CSC2CCCC2)C1=O. The van der Waals surface area contributed by atoms with Gasteiger partial charge in [0.2, 0.25) is 5.91 Å². The summed E-state index contributed by atoms with van der Waals surface area (Å²) in [5.41, 5.74) is 2.07. The van der Waals surface area contributed by atoms with Crippen molar-refractivity contribution in [2.75, 3.05) is 5.75 Å². The zero-order chi connectivity index (χ0) is 17.9. The van der Waals surface area contributed by atoms with Gasteiger partial charge in [0.05, 0.1) is 5.75 Å². The molecule has 134 valence electrons. The monoisotopic (exact) mass is 361 g/mol. The van der Waals surface area contributed by atoms with Gasteiger partial charge in [0.25, 0.3) is 5.91 Å². The fourth-order valence-electron chi connectivity index (χ4n) is 3.44. The van der Waals surface area contributed by atoms with E-state index in [0.29, 0.717) is 17.2 Å². The van der Waals surface area contributed by atoms with Gasteiger partial charge in [-0.2, -0.15) is 5.01 Å². The summed E-state index contributed by atoms with van der Waals surface area (Å²) < 4.78 is 0. The van der Waals surface area contributed by atoms with Crippen LogP contribution in [0.3, 0.4) is 0 Å². The number of nitrogens with zero attached hydrogens (tertiary/aromatic N) is 1. The van der Waals surface area contributed by atoms with Gasteiger partial charge in [-0.1, -0.05) is 50.1 Å². The van der Waals surface area contributed by atoms with Crippen LogP contribution in [0.5, 0.6) is 0 Å². The zero-order valence-corrected chi connectivity index (χ0v) is 15.1. The average Bonchev–Trinajstić information content (AvgIpc) is 3.23. The van der Waals surface area contributed by atoms with E-state index in [4.69, 9.17) is 0 Å². The normalized spacial score (nSPS) is 23.8. The number of rotatable bonds is 6. The molecule has 1 aliphatic heterocycles. The standard InChI is InChI=1S/C18H23N3O3S/c1-2-18(13-8-4-3-5-9-13)16(23)21(17(24)19-18)20-15(22)12-25-14-10-6-7-11-14/h3-5,8-9,14H,2,6-7,10-12H2,1H3,(H,19,24)(H,20,22)/t18-/m0/s1. The van der Waals surface area contributed by atoms with E-state index in [1.54, 1.807) is 11.8 Å². The molecule has 3 rings (SSSR count). The number of benzene rings is 1. The van der Waals surface area contributed by atoms with Crippen LogP contribution >= 0.6 is 11.8 Å². The molecule has 1 aliphatic carbocycles. The van der Waals surface area contributed by atoms with Crippen LogP contribution in [-0.4, -0.2) is 33.9 Å². The van der Waals surface area contributed by atoms with E-state index >= 15 is 0 Å². The van der Waals surface area contributed by atoms with Crippen LogP contribution in [0, 0.1) is 0 Å². The van der Waals surface area contributed by atoms with E-state index in [2.05, 4.69) is 10.7 Å². The van der Waals surface area contributed by atoms with Gasteiger partial charge < -0.3 is 5.32 Å². The number of thioether (sulfide) groups is 1. The number of amides is 4. The predicted molar refractivity (Wildman–Crippen MR) is 96.6 cm³/mol. The predicted octanol–water partition coefficient (Wildman–Crippen LogP) is 2.55. The molecule has 0 aromatic heterocycles. The number of hydrazine groups is 1. The molecular weight excluding hydrogens is 338 g/mol. The summed E-state index contributed by atoms with van der Waals surface area (Å²) in [5.74, 6) is -0.502. The summed E-state index contributed by atoms with van der Waals surface area (Å²) in [6.07, 6.45) is 5.09. The van der Waals surface area contributed by atoms with Gasteiger partial charge in [-0.15, -0.1) is 11.8 Å². The molecule has 0 bridgehead atoms. The van der Waals surface area contributed by atoms with E-state index in [1.807, 2.05) is 37.3 Å². The van der Waals surface area contributed by atoms with Gasteiger partial charge in [0.1, 0.15) is 5.54 Å². The number of urea groups is 1. The minimum absolute atomic E-state index is 0.256. The number of carbonyl (C=O) groups is 3. The maximum atomic E-state index is 12.9. The Morgan fingerprint density at radius 1 is 1.28 bits per heavy atom. The topological polar surface area (TPSA) is 78.5 Å².